The molecule has 3 heterocycles. The third-order valence-corrected chi connectivity index (χ3v) is 29.0. The van der Waals surface area contributed by atoms with Gasteiger partial charge in [-0.1, -0.05) is 339 Å². The Kier molecular flexibility index (Phi) is 18.6. The van der Waals surface area contributed by atoms with Gasteiger partial charge in [0.2, 0.25) is 0 Å². The number of para-hydroxylation sites is 3. The summed E-state index contributed by atoms with van der Waals surface area (Å²) in [6.07, 6.45) is 0. The molecule has 0 N–H and O–H groups in total. The Morgan fingerprint density at radius 1 is 0.142 bits per heavy atom. The first-order valence-corrected chi connectivity index (χ1v) is 46.5. The highest BCUT2D eigenvalue weighted by atomic mass is 16.3. The van der Waals surface area contributed by atoms with Gasteiger partial charge >= 0.3 is 0 Å². The van der Waals surface area contributed by atoms with Crippen molar-refractivity contribution in [3.63, 3.8) is 0 Å². The lowest BCUT2D eigenvalue weighted by atomic mass is 9.79. The maximum Gasteiger partial charge on any atom is 0.135 e. The largest absolute Gasteiger partial charge is 0.456 e. The van der Waals surface area contributed by atoms with E-state index in [9.17, 15) is 0 Å². The molecule has 3 aliphatic rings. The van der Waals surface area contributed by atoms with E-state index in [4.69, 9.17) is 13.3 Å². The number of anilines is 6. The number of nitrogens with zero attached hydrogens (tertiary/aromatic N) is 2. The number of hydrogen-bond acceptors (Lipinski definition) is 5. The Morgan fingerprint density at radius 3 is 0.731 bits per heavy atom. The molecular formula is C129H92N2O3. The van der Waals surface area contributed by atoms with E-state index in [-0.39, 0.29) is 16.2 Å². The molecule has 23 aromatic rings. The fraction of sp³-hybridized carbons (Fsp3) is 0.0698. The van der Waals surface area contributed by atoms with Gasteiger partial charge in [-0.25, -0.2) is 0 Å². The molecule has 0 spiro atoms. The second kappa shape index (κ2) is 31.3. The average Bonchev–Trinajstić information content (AvgIpc) is 1.53. The maximum atomic E-state index is 6.19. The number of furan rings is 3. The summed E-state index contributed by atoms with van der Waals surface area (Å²) in [5.41, 5.74) is 47.0. The van der Waals surface area contributed by atoms with Crippen molar-refractivity contribution in [2.45, 2.75) is 57.8 Å². The molecule has 5 nitrogen and oxygen atoms in total. The van der Waals surface area contributed by atoms with Crippen LogP contribution in [-0.2, 0) is 16.2 Å². The highest BCUT2D eigenvalue weighted by molar-refractivity contribution is 6.09. The minimum atomic E-state index is -0.234. The van der Waals surface area contributed by atoms with Gasteiger partial charge < -0.3 is 23.1 Å². The first-order valence-electron chi connectivity index (χ1n) is 46.5. The lowest BCUT2D eigenvalue weighted by Crippen LogP contribution is -2.17. The third-order valence-electron chi connectivity index (χ3n) is 29.0. The summed E-state index contributed by atoms with van der Waals surface area (Å²) in [6.45, 7) is 14.3. The fourth-order valence-electron chi connectivity index (χ4n) is 21.8. The summed E-state index contributed by atoms with van der Waals surface area (Å²) in [4.78, 5) is 4.77. The molecule has 0 saturated carbocycles. The second-order valence-electron chi connectivity index (χ2n) is 37.8. The molecule has 0 saturated heterocycles. The van der Waals surface area contributed by atoms with Gasteiger partial charge in [-0.2, -0.15) is 0 Å². The quantitative estimate of drug-likeness (QED) is 0.109. The van der Waals surface area contributed by atoms with Gasteiger partial charge in [0.25, 0.3) is 0 Å². The zero-order valence-electron chi connectivity index (χ0n) is 75.3. The standard InChI is InChI=1S/C72H53NO.C57H39NO2/c1-71(2)65-42-55(54-32-40-70-64(41-54)61-17-11-12-18-69(61)74-70)31-38-59(65)62-44-68-63(45-67(62)71)60-39-37-58(43-66(60)72(68,3)4)73(56-33-27-52(28-34-56)50-23-19-48(20-24-50)46-13-7-5-8-14-46)57-35-29-53(30-36-57)51-25-21-49(22-26-51)47-15-9-6-10-16-47;1-57(2)51-12-6-3-9-45(51)46-30-21-41(35-52(46)57)38-19-28-44(29-20-38)58(42-24-15-36(16-25-42)39-22-31-55-49(33-39)47-10-4-7-13-53(47)59-55)43-26-17-37(18-27-43)40-23-32-56-50(34-40)48-11-5-8-14-54(48)60-56/h5-45H,1-4H3;3-35H,1-2H3. The molecule has 26 rings (SSSR count). The van der Waals surface area contributed by atoms with Crippen molar-refractivity contribution >= 4 is 99.9 Å². The van der Waals surface area contributed by atoms with Gasteiger partial charge in [0, 0.05) is 82.7 Å². The van der Waals surface area contributed by atoms with Crippen molar-refractivity contribution in [1.29, 1.82) is 0 Å². The topological polar surface area (TPSA) is 45.9 Å². The third kappa shape index (κ3) is 13.4. The van der Waals surface area contributed by atoms with Gasteiger partial charge in [0.1, 0.15) is 33.5 Å². The smallest absolute Gasteiger partial charge is 0.135 e. The number of fused-ring (bicyclic) bond motifs is 18. The highest BCUT2D eigenvalue weighted by Gasteiger charge is 2.43. The van der Waals surface area contributed by atoms with E-state index in [0.717, 1.165) is 122 Å². The van der Waals surface area contributed by atoms with E-state index in [1.54, 1.807) is 0 Å². The number of hydrogen-bond donors (Lipinski definition) is 0. The summed E-state index contributed by atoms with van der Waals surface area (Å²) in [5.74, 6) is 0. The van der Waals surface area contributed by atoms with Gasteiger partial charge in [-0.05, 0) is 307 Å². The van der Waals surface area contributed by atoms with Crippen LogP contribution in [0.5, 0.6) is 0 Å². The SMILES string of the molecule is CC1(C)c2cc(-c3ccc4oc5ccccc5c4c3)ccc2-c2cc3c(cc21)-c1ccc(N(c2ccc(-c4ccc(-c5ccccc5)cc4)cc2)c2ccc(-c4ccc(-c5ccccc5)cc4)cc2)cc1C3(C)C.CC1(C)c2ccccc2-c2ccc(-c3ccc(N(c4ccc(-c5ccc6oc7ccccc7c6c5)cc4)c4ccc(-c5ccc6oc7ccccc7c6c5)cc4)cc3)cc21. The lowest BCUT2D eigenvalue weighted by Gasteiger charge is -2.28. The molecule has 3 aromatic heterocycles. The molecule has 636 valence electrons. The second-order valence-corrected chi connectivity index (χ2v) is 37.8. The average molecular weight is 1720 g/mol. The van der Waals surface area contributed by atoms with Gasteiger partial charge in [-0.15, -0.1) is 0 Å². The molecule has 0 amide bonds. The predicted molar refractivity (Wildman–Crippen MR) is 560 cm³/mol. The predicted octanol–water partition coefficient (Wildman–Crippen LogP) is 36.3. The lowest BCUT2D eigenvalue weighted by molar-refractivity contribution is 0.652. The molecule has 20 aromatic carbocycles. The van der Waals surface area contributed by atoms with Crippen LogP contribution in [0.1, 0.15) is 74.9 Å². The van der Waals surface area contributed by atoms with Crippen LogP contribution in [0.15, 0.2) is 462 Å². The van der Waals surface area contributed by atoms with Crippen LogP contribution in [0.3, 0.4) is 0 Å². The van der Waals surface area contributed by atoms with E-state index >= 15 is 0 Å². The van der Waals surface area contributed by atoms with Crippen molar-refractivity contribution in [3.05, 3.63) is 482 Å². The van der Waals surface area contributed by atoms with E-state index in [1.807, 2.05) is 30.3 Å². The van der Waals surface area contributed by atoms with Crippen molar-refractivity contribution in [1.82, 2.24) is 0 Å². The Bertz CT molecular complexity index is 8290. The van der Waals surface area contributed by atoms with E-state index in [1.165, 1.54) is 134 Å². The first-order chi connectivity index (χ1) is 65.6. The Morgan fingerprint density at radius 2 is 0.358 bits per heavy atom. The number of rotatable bonds is 14. The maximum absolute atomic E-state index is 6.19. The minimum absolute atomic E-state index is 0.0485. The normalized spacial score (nSPS) is 13.3. The van der Waals surface area contributed by atoms with E-state index in [0.29, 0.717) is 0 Å². The van der Waals surface area contributed by atoms with E-state index in [2.05, 4.69) is 470 Å². The molecular weight excluding hydrogens is 1630 g/mol. The van der Waals surface area contributed by atoms with Gasteiger partial charge in [-0.3, -0.25) is 0 Å². The highest BCUT2D eigenvalue weighted by Crippen LogP contribution is 2.59. The summed E-state index contributed by atoms with van der Waals surface area (Å²) < 4.78 is 18.4. The molecule has 0 unspecified atom stereocenters. The zero-order chi connectivity index (χ0) is 89.7. The van der Waals surface area contributed by atoms with Crippen LogP contribution in [0.4, 0.5) is 34.1 Å². The molecule has 0 fully saturated rings. The van der Waals surface area contributed by atoms with Crippen LogP contribution in [0.2, 0.25) is 0 Å². The summed E-state index contributed by atoms with van der Waals surface area (Å²) >= 11 is 0. The van der Waals surface area contributed by atoms with Crippen LogP contribution in [-0.4, -0.2) is 0 Å². The minimum Gasteiger partial charge on any atom is -0.456 e. The molecule has 0 bridgehead atoms. The molecule has 0 aliphatic heterocycles. The zero-order valence-corrected chi connectivity index (χ0v) is 75.3. The van der Waals surface area contributed by atoms with Crippen LogP contribution >= 0.6 is 0 Å². The van der Waals surface area contributed by atoms with Gasteiger partial charge in [0.15, 0.2) is 0 Å². The van der Waals surface area contributed by atoms with E-state index < -0.39 is 0 Å². The summed E-state index contributed by atoms with van der Waals surface area (Å²) in [5, 5.41) is 6.84. The summed E-state index contributed by atoms with van der Waals surface area (Å²) in [6, 6.07) is 164. The van der Waals surface area contributed by atoms with Crippen molar-refractivity contribution in [2.24, 2.45) is 0 Å². The van der Waals surface area contributed by atoms with Crippen LogP contribution < -0.4 is 9.80 Å². The molecule has 134 heavy (non-hydrogen) atoms. The van der Waals surface area contributed by atoms with Crippen LogP contribution in [0.25, 0.3) is 188 Å². The monoisotopic (exact) mass is 1720 g/mol. The molecule has 0 atom stereocenters. The van der Waals surface area contributed by atoms with Crippen molar-refractivity contribution < 1.29 is 13.3 Å². The fourth-order valence-corrected chi connectivity index (χ4v) is 21.8. The Labute approximate surface area is 780 Å². The van der Waals surface area contributed by atoms with Crippen molar-refractivity contribution in [2.75, 3.05) is 9.80 Å². The van der Waals surface area contributed by atoms with Crippen LogP contribution in [0, 0.1) is 0 Å². The number of benzene rings is 20. The summed E-state index contributed by atoms with van der Waals surface area (Å²) in [7, 11) is 0. The first kappa shape index (κ1) is 79.6. The van der Waals surface area contributed by atoms with Gasteiger partial charge in [0.05, 0.1) is 0 Å². The molecule has 0 radical (unpaired) electrons. The Balaban J connectivity index is 0.000000146. The van der Waals surface area contributed by atoms with Crippen molar-refractivity contribution in [3.8, 4) is 122 Å². The molecule has 5 heteroatoms. The molecule has 3 aliphatic carbocycles. The Hall–Kier alpha value is -16.6.